The Hall–Kier alpha value is -2.18. The van der Waals surface area contributed by atoms with Crippen LogP contribution in [0.5, 0.6) is 0 Å². The van der Waals surface area contributed by atoms with Crippen LogP contribution >= 0.6 is 0 Å². The highest BCUT2D eigenvalue weighted by atomic mass is 16.4. The van der Waals surface area contributed by atoms with E-state index < -0.39 is 18.2 Å². The number of hydrogen-bond acceptors (Lipinski definition) is 4. The van der Waals surface area contributed by atoms with E-state index in [1.807, 2.05) is 13.8 Å². The molecule has 2 rings (SSSR count). The van der Waals surface area contributed by atoms with Gasteiger partial charge in [-0.2, -0.15) is 0 Å². The lowest BCUT2D eigenvalue weighted by Crippen LogP contribution is -2.26. The van der Waals surface area contributed by atoms with Crippen LogP contribution in [0.4, 0.5) is 0 Å². The van der Waals surface area contributed by atoms with Crippen molar-refractivity contribution in [1.82, 2.24) is 19.2 Å². The molecule has 0 bridgehead atoms. The summed E-state index contributed by atoms with van der Waals surface area (Å²) in [5.74, 6) is -0.581. The average Bonchev–Trinajstić information content (AvgIpc) is 2.56. The summed E-state index contributed by atoms with van der Waals surface area (Å²) in [6.07, 6.45) is 0.687. The molecule has 0 aliphatic rings. The minimum absolute atomic E-state index is 0.442. The van der Waals surface area contributed by atoms with Crippen molar-refractivity contribution in [2.45, 2.75) is 33.7 Å². The molecular weight excluding hydrogens is 236 g/mol. The summed E-state index contributed by atoms with van der Waals surface area (Å²) in [6.45, 7) is 5.06. The van der Waals surface area contributed by atoms with Crippen molar-refractivity contribution in [2.24, 2.45) is 0 Å². The van der Waals surface area contributed by atoms with Crippen LogP contribution in [0.1, 0.15) is 24.0 Å². The van der Waals surface area contributed by atoms with Crippen molar-refractivity contribution >= 4 is 11.6 Å². The lowest BCUT2D eigenvalue weighted by molar-refractivity contribution is -0.137. The molecule has 0 amide bonds. The van der Waals surface area contributed by atoms with Crippen LogP contribution in [0, 0.1) is 13.8 Å². The highest BCUT2D eigenvalue weighted by molar-refractivity contribution is 5.66. The van der Waals surface area contributed by atoms with Gasteiger partial charge >= 0.3 is 11.7 Å². The van der Waals surface area contributed by atoms with Gasteiger partial charge in [0.25, 0.3) is 0 Å². The van der Waals surface area contributed by atoms with Crippen molar-refractivity contribution in [3.05, 3.63) is 27.6 Å². The van der Waals surface area contributed by atoms with Gasteiger partial charge < -0.3 is 5.11 Å². The zero-order chi connectivity index (χ0) is 13.4. The number of aliphatic carboxylic acids is 1. The van der Waals surface area contributed by atoms with Gasteiger partial charge in [0.05, 0.1) is 0 Å². The normalized spacial score (nSPS) is 11.1. The maximum absolute atomic E-state index is 12.0. The lowest BCUT2D eigenvalue weighted by atomic mass is 10.2. The topological polar surface area (TPSA) is 89.5 Å². The number of carboxylic acids is 1. The Morgan fingerprint density at radius 3 is 2.61 bits per heavy atom. The molecule has 0 aliphatic carbocycles. The number of fused-ring (bicyclic) bond motifs is 1. The van der Waals surface area contributed by atoms with E-state index in [1.54, 1.807) is 6.92 Å². The molecule has 2 aromatic rings. The molecule has 0 aliphatic heterocycles. The average molecular weight is 250 g/mol. The maximum atomic E-state index is 12.0. The number of aromatic nitrogens is 4. The monoisotopic (exact) mass is 250 g/mol. The fraction of sp³-hybridized carbons (Fsp3) is 0.455. The first-order valence-corrected chi connectivity index (χ1v) is 5.63. The van der Waals surface area contributed by atoms with Gasteiger partial charge in [-0.3, -0.25) is 4.79 Å². The second-order valence-corrected chi connectivity index (χ2v) is 4.07. The van der Waals surface area contributed by atoms with Crippen LogP contribution in [0.2, 0.25) is 0 Å². The number of nitrogens with zero attached hydrogens (tertiary/aromatic N) is 4. The van der Waals surface area contributed by atoms with Gasteiger partial charge in [0.1, 0.15) is 12.4 Å². The lowest BCUT2D eigenvalue weighted by Gasteiger charge is -2.05. The quantitative estimate of drug-likeness (QED) is 0.837. The Morgan fingerprint density at radius 1 is 1.39 bits per heavy atom. The molecular formula is C11H14N4O3. The predicted octanol–water partition coefficient (Wildman–Crippen LogP) is 0.155. The van der Waals surface area contributed by atoms with Gasteiger partial charge in [-0.15, -0.1) is 5.10 Å². The van der Waals surface area contributed by atoms with Crippen LogP contribution in [0.15, 0.2) is 4.79 Å². The van der Waals surface area contributed by atoms with Gasteiger partial charge in [-0.05, 0) is 20.3 Å². The first-order valence-electron chi connectivity index (χ1n) is 5.63. The summed E-state index contributed by atoms with van der Waals surface area (Å²) in [5.41, 5.74) is 1.71. The van der Waals surface area contributed by atoms with Crippen molar-refractivity contribution in [3.63, 3.8) is 0 Å². The number of aryl methyl sites for hydroxylation is 3. The fourth-order valence-electron chi connectivity index (χ4n) is 2.06. The molecule has 0 unspecified atom stereocenters. The third-order valence-electron chi connectivity index (χ3n) is 2.84. The molecule has 96 valence electrons. The van der Waals surface area contributed by atoms with Crippen molar-refractivity contribution in [3.8, 4) is 0 Å². The molecule has 0 atom stereocenters. The number of carbonyl (C=O) groups is 1. The van der Waals surface area contributed by atoms with Crippen LogP contribution in [-0.2, 0) is 17.8 Å². The Morgan fingerprint density at radius 2 is 2.06 bits per heavy atom. The maximum Gasteiger partial charge on any atom is 0.352 e. The Labute approximate surface area is 103 Å². The summed E-state index contributed by atoms with van der Waals surface area (Å²) >= 11 is 0. The summed E-state index contributed by atoms with van der Waals surface area (Å²) in [5, 5.41) is 12.8. The molecule has 7 heteroatoms. The smallest absolute Gasteiger partial charge is 0.352 e. The Balaban J connectivity index is 2.82. The van der Waals surface area contributed by atoms with Crippen molar-refractivity contribution < 1.29 is 9.90 Å². The first kappa shape index (κ1) is 12.3. The van der Waals surface area contributed by atoms with E-state index >= 15 is 0 Å². The molecule has 18 heavy (non-hydrogen) atoms. The molecule has 1 N–H and O–H groups in total. The Kier molecular flexibility index (Phi) is 2.90. The third kappa shape index (κ3) is 1.77. The van der Waals surface area contributed by atoms with E-state index in [0.29, 0.717) is 17.9 Å². The molecule has 0 saturated carbocycles. The largest absolute Gasteiger partial charge is 0.480 e. The van der Waals surface area contributed by atoms with E-state index in [4.69, 9.17) is 5.11 Å². The molecule has 0 fully saturated rings. The third-order valence-corrected chi connectivity index (χ3v) is 2.84. The predicted molar refractivity (Wildman–Crippen MR) is 63.7 cm³/mol. The van der Waals surface area contributed by atoms with E-state index in [2.05, 4.69) is 10.1 Å². The van der Waals surface area contributed by atoms with Crippen molar-refractivity contribution in [2.75, 3.05) is 0 Å². The van der Waals surface area contributed by atoms with E-state index in [9.17, 15) is 9.59 Å². The SMILES string of the molecule is CCc1c(C)nc(C)n2c(=O)n(CC(=O)O)nc12. The van der Waals surface area contributed by atoms with Gasteiger partial charge in [0.15, 0.2) is 5.65 Å². The highest BCUT2D eigenvalue weighted by Crippen LogP contribution is 2.12. The molecule has 2 aromatic heterocycles. The van der Waals surface area contributed by atoms with Gasteiger partial charge in [-0.25, -0.2) is 18.9 Å². The van der Waals surface area contributed by atoms with E-state index in [0.717, 1.165) is 15.9 Å². The first-order chi connectivity index (χ1) is 8.45. The van der Waals surface area contributed by atoms with E-state index in [1.165, 1.54) is 4.40 Å². The molecule has 7 nitrogen and oxygen atoms in total. The molecule has 0 spiro atoms. The summed E-state index contributed by atoms with van der Waals surface area (Å²) in [6, 6.07) is 0. The second-order valence-electron chi connectivity index (χ2n) is 4.07. The summed E-state index contributed by atoms with van der Waals surface area (Å²) in [4.78, 5) is 27.0. The van der Waals surface area contributed by atoms with Gasteiger partial charge in [-0.1, -0.05) is 6.92 Å². The number of hydrogen-bond donors (Lipinski definition) is 1. The minimum Gasteiger partial charge on any atom is -0.480 e. The molecule has 0 aromatic carbocycles. The zero-order valence-corrected chi connectivity index (χ0v) is 10.5. The van der Waals surface area contributed by atoms with Crippen LogP contribution in [0.25, 0.3) is 5.65 Å². The molecule has 2 heterocycles. The minimum atomic E-state index is -1.10. The zero-order valence-electron chi connectivity index (χ0n) is 10.5. The van der Waals surface area contributed by atoms with Crippen LogP contribution in [0.3, 0.4) is 0 Å². The number of rotatable bonds is 3. The second kappa shape index (κ2) is 4.25. The fourth-order valence-corrected chi connectivity index (χ4v) is 2.06. The van der Waals surface area contributed by atoms with Gasteiger partial charge in [0.2, 0.25) is 0 Å². The standard InChI is InChI=1S/C11H14N4O3/c1-4-8-6(2)12-7(3)15-10(8)13-14(11(15)18)5-9(16)17/h4-5H2,1-3H3,(H,16,17). The summed E-state index contributed by atoms with van der Waals surface area (Å²) in [7, 11) is 0. The summed E-state index contributed by atoms with van der Waals surface area (Å²) < 4.78 is 2.31. The highest BCUT2D eigenvalue weighted by Gasteiger charge is 2.16. The molecule has 0 saturated heterocycles. The van der Waals surface area contributed by atoms with Crippen molar-refractivity contribution in [1.29, 1.82) is 0 Å². The van der Waals surface area contributed by atoms with Gasteiger partial charge in [0, 0.05) is 11.3 Å². The van der Waals surface area contributed by atoms with Crippen LogP contribution in [-0.4, -0.2) is 30.2 Å². The van der Waals surface area contributed by atoms with E-state index in [-0.39, 0.29) is 0 Å². The number of carboxylic acid groups (broad SMARTS) is 1. The van der Waals surface area contributed by atoms with Crippen LogP contribution < -0.4 is 5.69 Å². The molecule has 0 radical (unpaired) electrons. The Bertz CT molecular complexity index is 684.